The van der Waals surface area contributed by atoms with E-state index in [-0.39, 0.29) is 18.4 Å². The summed E-state index contributed by atoms with van der Waals surface area (Å²) in [7, 11) is 0. The fraction of sp³-hybridized carbons (Fsp3) is 0.524. The highest BCUT2D eigenvalue weighted by atomic mass is 16.5. The van der Waals surface area contributed by atoms with Crippen LogP contribution in [0.15, 0.2) is 42.5 Å². The number of anilines is 1. The molecule has 0 aromatic heterocycles. The number of imide groups is 1. The lowest BCUT2D eigenvalue weighted by molar-refractivity contribution is -0.128. The van der Waals surface area contributed by atoms with E-state index in [1.165, 1.54) is 24.3 Å². The maximum atomic E-state index is 12.0. The smallest absolute Gasteiger partial charge is 0.252 e. The number of benzene rings is 1. The van der Waals surface area contributed by atoms with Crippen LogP contribution in [0.4, 0.5) is 5.69 Å². The highest BCUT2D eigenvalue weighted by Gasteiger charge is 2.19. The first kappa shape index (κ1) is 21.9. The second kappa shape index (κ2) is 12.3. The monoisotopic (exact) mass is 360 g/mol. The molecule has 144 valence electrons. The van der Waals surface area contributed by atoms with E-state index in [9.17, 15) is 14.8 Å². The van der Waals surface area contributed by atoms with Crippen molar-refractivity contribution >= 4 is 17.5 Å². The van der Waals surface area contributed by atoms with Crippen LogP contribution in [0.1, 0.15) is 65.2 Å². The molecule has 5 heteroatoms. The molecule has 0 radical (unpaired) electrons. The molecule has 1 unspecified atom stereocenters. The first-order valence-corrected chi connectivity index (χ1v) is 9.48. The van der Waals surface area contributed by atoms with Crippen molar-refractivity contribution in [2.24, 2.45) is 0 Å². The largest absolute Gasteiger partial charge is 0.293 e. The number of nitrogens with one attached hydrogen (secondary N) is 1. The molecule has 5 nitrogen and oxygen atoms in total. The van der Waals surface area contributed by atoms with E-state index in [1.54, 1.807) is 6.92 Å². The average molecular weight is 360 g/mol. The van der Waals surface area contributed by atoms with Crippen LogP contribution in [0.3, 0.4) is 0 Å². The van der Waals surface area contributed by atoms with Crippen molar-refractivity contribution in [3.8, 4) is 0 Å². The molecule has 0 aliphatic heterocycles. The summed E-state index contributed by atoms with van der Waals surface area (Å²) < 4.78 is 0. The first-order valence-electron chi connectivity index (χ1n) is 9.48. The first-order chi connectivity index (χ1) is 12.5. The second-order valence-corrected chi connectivity index (χ2v) is 6.73. The van der Waals surface area contributed by atoms with Gasteiger partial charge < -0.3 is 0 Å². The fourth-order valence-electron chi connectivity index (χ4n) is 2.76. The third kappa shape index (κ3) is 8.30. The topological polar surface area (TPSA) is 69.6 Å². The van der Waals surface area contributed by atoms with Gasteiger partial charge in [-0.2, -0.15) is 0 Å². The summed E-state index contributed by atoms with van der Waals surface area (Å²) in [5, 5.41) is 14.2. The Labute approximate surface area is 157 Å². The molecule has 1 aromatic rings. The molecule has 0 spiro atoms. The molecule has 1 rings (SSSR count). The summed E-state index contributed by atoms with van der Waals surface area (Å²) in [5.74, 6) is -0.787. The van der Waals surface area contributed by atoms with Gasteiger partial charge in [-0.1, -0.05) is 63.8 Å². The fourth-order valence-corrected chi connectivity index (χ4v) is 2.76. The zero-order valence-electron chi connectivity index (χ0n) is 16.0. The highest BCUT2D eigenvalue weighted by molar-refractivity contribution is 6.03. The van der Waals surface area contributed by atoms with Crippen LogP contribution >= 0.6 is 0 Å². The molecule has 0 aliphatic carbocycles. The average Bonchev–Trinajstić information content (AvgIpc) is 2.64. The van der Waals surface area contributed by atoms with Gasteiger partial charge in [0.15, 0.2) is 0 Å². The quantitative estimate of drug-likeness (QED) is 0.324. The third-order valence-electron chi connectivity index (χ3n) is 4.35. The number of hydrogen-bond donors (Lipinski definition) is 2. The molecule has 0 fully saturated rings. The van der Waals surface area contributed by atoms with E-state index in [1.807, 2.05) is 30.3 Å². The van der Waals surface area contributed by atoms with E-state index in [0.29, 0.717) is 17.7 Å². The number of carbonyl (C=O) groups excluding carboxylic acids is 2. The molecular weight excluding hydrogens is 328 g/mol. The van der Waals surface area contributed by atoms with Gasteiger partial charge in [0.2, 0.25) is 5.91 Å². The molecule has 0 saturated heterocycles. The Morgan fingerprint density at radius 1 is 1.12 bits per heavy atom. The molecule has 1 aromatic carbocycles. The number of carbonyl (C=O) groups is 2. The van der Waals surface area contributed by atoms with Gasteiger partial charge in [-0.05, 0) is 31.9 Å². The number of rotatable bonds is 12. The predicted molar refractivity (Wildman–Crippen MR) is 105 cm³/mol. The molecule has 0 heterocycles. The van der Waals surface area contributed by atoms with E-state index < -0.39 is 5.91 Å². The van der Waals surface area contributed by atoms with Crippen molar-refractivity contribution in [2.45, 2.75) is 71.3 Å². The van der Waals surface area contributed by atoms with Gasteiger partial charge in [-0.25, -0.2) is 0 Å². The number of hydrogen-bond acceptors (Lipinski definition) is 4. The Morgan fingerprint density at radius 3 is 2.38 bits per heavy atom. The standard InChI is InChI=1S/C21H32N2O3/c1-4-5-6-7-9-14-19(23(26)18-12-10-8-11-13-18)15-16-20(24)22-21(25)17(2)3/h8,10-13,19,26H,2,4-7,9,14-16H2,1,3H3,(H,22,24,25). The van der Waals surface area contributed by atoms with Gasteiger partial charge in [0.05, 0.1) is 11.7 Å². The van der Waals surface area contributed by atoms with Crippen molar-refractivity contribution < 1.29 is 14.8 Å². The summed E-state index contributed by atoms with van der Waals surface area (Å²) in [4.78, 5) is 23.5. The minimum absolute atomic E-state index is 0.162. The van der Waals surface area contributed by atoms with Crippen LogP contribution in [0.2, 0.25) is 0 Å². The Kier molecular flexibility index (Phi) is 10.3. The van der Waals surface area contributed by atoms with E-state index in [4.69, 9.17) is 0 Å². The predicted octanol–water partition coefficient (Wildman–Crippen LogP) is 4.61. The molecule has 2 amide bonds. The zero-order valence-corrected chi connectivity index (χ0v) is 16.0. The van der Waals surface area contributed by atoms with Crippen LogP contribution in [-0.2, 0) is 9.59 Å². The van der Waals surface area contributed by atoms with Crippen molar-refractivity contribution in [1.29, 1.82) is 0 Å². The zero-order chi connectivity index (χ0) is 19.4. The van der Waals surface area contributed by atoms with Crippen molar-refractivity contribution in [2.75, 3.05) is 5.06 Å². The van der Waals surface area contributed by atoms with Crippen molar-refractivity contribution in [1.82, 2.24) is 5.32 Å². The highest BCUT2D eigenvalue weighted by Crippen LogP contribution is 2.21. The minimum atomic E-state index is -0.449. The number of nitrogens with zero attached hydrogens (tertiary/aromatic N) is 1. The lowest BCUT2D eigenvalue weighted by atomic mass is 10.0. The van der Waals surface area contributed by atoms with E-state index >= 15 is 0 Å². The molecule has 1 atom stereocenters. The molecule has 26 heavy (non-hydrogen) atoms. The normalized spacial score (nSPS) is 11.7. The van der Waals surface area contributed by atoms with Crippen LogP contribution in [0.25, 0.3) is 0 Å². The molecule has 0 aliphatic rings. The Bertz CT molecular complexity index is 572. The number of para-hydroxylation sites is 1. The molecular formula is C21H32N2O3. The maximum absolute atomic E-state index is 12.0. The van der Waals surface area contributed by atoms with E-state index in [2.05, 4.69) is 18.8 Å². The summed E-state index contributed by atoms with van der Waals surface area (Å²) >= 11 is 0. The minimum Gasteiger partial charge on any atom is -0.293 e. The van der Waals surface area contributed by atoms with Crippen molar-refractivity contribution in [3.05, 3.63) is 42.5 Å². The summed E-state index contributed by atoms with van der Waals surface area (Å²) in [6, 6.07) is 9.16. The summed E-state index contributed by atoms with van der Waals surface area (Å²) in [6.07, 6.45) is 7.18. The summed E-state index contributed by atoms with van der Waals surface area (Å²) in [6.45, 7) is 7.26. The van der Waals surface area contributed by atoms with Gasteiger partial charge >= 0.3 is 0 Å². The lowest BCUT2D eigenvalue weighted by Gasteiger charge is -2.28. The van der Waals surface area contributed by atoms with Crippen LogP contribution in [0, 0.1) is 0 Å². The van der Waals surface area contributed by atoms with Gasteiger partial charge in [0.25, 0.3) is 5.91 Å². The van der Waals surface area contributed by atoms with E-state index in [0.717, 1.165) is 19.3 Å². The van der Waals surface area contributed by atoms with Gasteiger partial charge in [-0.3, -0.25) is 25.2 Å². The maximum Gasteiger partial charge on any atom is 0.252 e. The van der Waals surface area contributed by atoms with Crippen molar-refractivity contribution in [3.63, 3.8) is 0 Å². The van der Waals surface area contributed by atoms with Gasteiger partial charge in [0.1, 0.15) is 0 Å². The van der Waals surface area contributed by atoms with Gasteiger partial charge in [-0.15, -0.1) is 0 Å². The van der Waals surface area contributed by atoms with Gasteiger partial charge in [0, 0.05) is 12.0 Å². The second-order valence-electron chi connectivity index (χ2n) is 6.73. The summed E-state index contributed by atoms with van der Waals surface area (Å²) in [5.41, 5.74) is 1.02. The number of amides is 2. The molecule has 0 bridgehead atoms. The third-order valence-corrected chi connectivity index (χ3v) is 4.35. The number of hydroxylamine groups is 1. The molecule has 0 saturated carbocycles. The Balaban J connectivity index is 2.60. The Morgan fingerprint density at radius 2 is 1.77 bits per heavy atom. The van der Waals surface area contributed by atoms with Crippen LogP contribution in [0.5, 0.6) is 0 Å². The van der Waals surface area contributed by atoms with Crippen LogP contribution in [-0.4, -0.2) is 23.1 Å². The molecule has 2 N–H and O–H groups in total. The Hall–Kier alpha value is -2.14. The van der Waals surface area contributed by atoms with Crippen LogP contribution < -0.4 is 10.4 Å². The SMILES string of the molecule is C=C(C)C(=O)NC(=O)CCC(CCCCCCC)N(O)c1ccccc1. The lowest BCUT2D eigenvalue weighted by Crippen LogP contribution is -2.35. The number of unbranched alkanes of at least 4 members (excludes halogenated alkanes) is 4.